The van der Waals surface area contributed by atoms with Crippen molar-refractivity contribution in [3.63, 3.8) is 0 Å². The number of hydrogen-bond acceptors (Lipinski definition) is 4. The van der Waals surface area contributed by atoms with Gasteiger partial charge in [-0.05, 0) is 18.8 Å². The first-order valence-corrected chi connectivity index (χ1v) is 5.54. The minimum atomic E-state index is -0.285. The molecule has 0 unspecified atom stereocenters. The summed E-state index contributed by atoms with van der Waals surface area (Å²) in [5, 5.41) is 0. The van der Waals surface area contributed by atoms with Gasteiger partial charge in [0.1, 0.15) is 0 Å². The summed E-state index contributed by atoms with van der Waals surface area (Å²) < 4.78 is 4.43. The molecule has 0 saturated heterocycles. The fourth-order valence-electron chi connectivity index (χ4n) is 1.03. The molecule has 0 radical (unpaired) electrons. The minimum Gasteiger partial charge on any atom is -0.465 e. The molecule has 1 aliphatic carbocycles. The van der Waals surface area contributed by atoms with E-state index in [0.29, 0.717) is 5.57 Å². The number of methoxy groups -OCH3 is 1. The highest BCUT2D eigenvalue weighted by molar-refractivity contribution is 8.11. The monoisotopic (exact) mass is 216 g/mol. The quantitative estimate of drug-likeness (QED) is 0.434. The van der Waals surface area contributed by atoms with Gasteiger partial charge in [0, 0.05) is 0 Å². The van der Waals surface area contributed by atoms with Crippen molar-refractivity contribution in [3.05, 3.63) is 23.8 Å². The number of esters is 1. The Hall–Kier alpha value is -0.350. The maximum Gasteiger partial charge on any atom is 0.337 e. The fraction of sp³-hybridized carbons (Fsp3) is 0.444. The lowest BCUT2D eigenvalue weighted by atomic mass is 10.1. The van der Waals surface area contributed by atoms with Crippen LogP contribution in [0.25, 0.3) is 0 Å². The standard InChI is InChI=1S/C9H12O2S2/c1-11-8(10)7-3-5-9(12,13-2)6-4-7/h3-5,12H,6H2,1-2H3/t9-/m1/s1. The van der Waals surface area contributed by atoms with Gasteiger partial charge in [-0.1, -0.05) is 12.2 Å². The summed E-state index contributed by atoms with van der Waals surface area (Å²) in [6.07, 6.45) is 8.29. The molecule has 4 heteroatoms. The number of carbonyl (C=O) groups excluding carboxylic acids is 1. The van der Waals surface area contributed by atoms with E-state index in [2.05, 4.69) is 17.4 Å². The average molecular weight is 216 g/mol. The van der Waals surface area contributed by atoms with Crippen molar-refractivity contribution < 1.29 is 9.53 Å². The van der Waals surface area contributed by atoms with Crippen LogP contribution in [-0.4, -0.2) is 23.4 Å². The van der Waals surface area contributed by atoms with E-state index >= 15 is 0 Å². The predicted molar refractivity (Wildman–Crippen MR) is 59.1 cm³/mol. The molecule has 0 aromatic carbocycles. The second kappa shape index (κ2) is 4.24. The zero-order valence-electron chi connectivity index (χ0n) is 7.61. The fourth-order valence-corrected chi connectivity index (χ4v) is 1.65. The van der Waals surface area contributed by atoms with Gasteiger partial charge in [-0.25, -0.2) is 4.79 Å². The van der Waals surface area contributed by atoms with E-state index in [1.165, 1.54) is 7.11 Å². The molecule has 13 heavy (non-hydrogen) atoms. The van der Waals surface area contributed by atoms with E-state index in [4.69, 9.17) is 0 Å². The van der Waals surface area contributed by atoms with E-state index in [-0.39, 0.29) is 10.0 Å². The van der Waals surface area contributed by atoms with Gasteiger partial charge in [0.25, 0.3) is 0 Å². The average Bonchev–Trinajstić information content (AvgIpc) is 2.18. The third-order valence-corrected chi connectivity index (χ3v) is 3.80. The summed E-state index contributed by atoms with van der Waals surface area (Å²) in [4.78, 5) is 11.1. The normalized spacial score (nSPS) is 26.8. The molecule has 0 aromatic rings. The maximum atomic E-state index is 11.1. The Labute approximate surface area is 87.8 Å². The summed E-state index contributed by atoms with van der Waals surface area (Å²) in [7, 11) is 1.38. The molecule has 0 spiro atoms. The SMILES string of the molecule is COC(=O)C1=CC[C@](S)(SC)C=C1. The van der Waals surface area contributed by atoms with Crippen LogP contribution in [0.5, 0.6) is 0 Å². The smallest absolute Gasteiger partial charge is 0.337 e. The summed E-state index contributed by atoms with van der Waals surface area (Å²) in [6.45, 7) is 0. The van der Waals surface area contributed by atoms with E-state index in [9.17, 15) is 4.79 Å². The highest BCUT2D eigenvalue weighted by Crippen LogP contribution is 2.36. The number of hydrogen-bond donors (Lipinski definition) is 1. The van der Waals surface area contributed by atoms with Gasteiger partial charge in [-0.15, -0.1) is 11.8 Å². The Morgan fingerprint density at radius 3 is 2.85 bits per heavy atom. The Balaban J connectivity index is 2.70. The van der Waals surface area contributed by atoms with Crippen molar-refractivity contribution in [2.24, 2.45) is 0 Å². The van der Waals surface area contributed by atoms with Crippen LogP contribution in [0.3, 0.4) is 0 Å². The number of ether oxygens (including phenoxy) is 1. The molecular weight excluding hydrogens is 204 g/mol. The summed E-state index contributed by atoms with van der Waals surface area (Å²) in [5.41, 5.74) is 0.612. The van der Waals surface area contributed by atoms with Crippen LogP contribution >= 0.6 is 24.4 Å². The molecule has 0 aliphatic heterocycles. The summed E-state index contributed by atoms with van der Waals surface area (Å²) in [6, 6.07) is 0. The van der Waals surface area contributed by atoms with Crippen molar-refractivity contribution in [1.29, 1.82) is 0 Å². The van der Waals surface area contributed by atoms with Crippen molar-refractivity contribution in [3.8, 4) is 0 Å². The molecule has 0 heterocycles. The number of thioether (sulfide) groups is 1. The lowest BCUT2D eigenvalue weighted by molar-refractivity contribution is -0.135. The van der Waals surface area contributed by atoms with E-state index in [0.717, 1.165) is 6.42 Å². The summed E-state index contributed by atoms with van der Waals surface area (Å²) in [5.74, 6) is -0.285. The van der Waals surface area contributed by atoms with E-state index in [1.807, 2.05) is 18.4 Å². The highest BCUT2D eigenvalue weighted by atomic mass is 32.2. The Kier molecular flexibility index (Phi) is 3.50. The molecule has 1 rings (SSSR count). The molecule has 0 bridgehead atoms. The molecule has 72 valence electrons. The topological polar surface area (TPSA) is 26.3 Å². The van der Waals surface area contributed by atoms with Gasteiger partial charge < -0.3 is 4.74 Å². The van der Waals surface area contributed by atoms with Crippen LogP contribution in [0.15, 0.2) is 23.8 Å². The number of allylic oxidation sites excluding steroid dienone is 1. The number of rotatable bonds is 2. The Morgan fingerprint density at radius 2 is 2.46 bits per heavy atom. The molecular formula is C9H12O2S2. The molecule has 0 N–H and O–H groups in total. The molecule has 1 aliphatic rings. The zero-order valence-corrected chi connectivity index (χ0v) is 9.32. The van der Waals surface area contributed by atoms with Gasteiger partial charge >= 0.3 is 5.97 Å². The Morgan fingerprint density at radius 1 is 1.77 bits per heavy atom. The van der Waals surface area contributed by atoms with Crippen LogP contribution < -0.4 is 0 Å². The first kappa shape index (κ1) is 10.7. The highest BCUT2D eigenvalue weighted by Gasteiger charge is 2.23. The Bertz CT molecular complexity index is 271. The molecule has 0 saturated carbocycles. The van der Waals surface area contributed by atoms with E-state index < -0.39 is 0 Å². The third kappa shape index (κ3) is 2.54. The van der Waals surface area contributed by atoms with Crippen molar-refractivity contribution in [1.82, 2.24) is 0 Å². The second-order valence-electron chi connectivity index (χ2n) is 2.74. The second-order valence-corrected chi connectivity index (χ2v) is 4.97. The van der Waals surface area contributed by atoms with Crippen molar-refractivity contribution >= 4 is 30.4 Å². The zero-order chi connectivity index (χ0) is 9.90. The lowest BCUT2D eigenvalue weighted by Crippen LogP contribution is -2.16. The van der Waals surface area contributed by atoms with Crippen LogP contribution in [0.2, 0.25) is 0 Å². The first-order valence-electron chi connectivity index (χ1n) is 3.86. The first-order chi connectivity index (χ1) is 6.11. The third-order valence-electron chi connectivity index (χ3n) is 1.91. The van der Waals surface area contributed by atoms with Gasteiger partial charge in [0.15, 0.2) is 0 Å². The van der Waals surface area contributed by atoms with E-state index in [1.54, 1.807) is 17.8 Å². The molecule has 0 aromatic heterocycles. The molecule has 1 atom stereocenters. The summed E-state index contributed by atoms with van der Waals surface area (Å²) >= 11 is 6.12. The minimum absolute atomic E-state index is 0.169. The number of thiol groups is 1. The largest absolute Gasteiger partial charge is 0.465 e. The molecule has 0 amide bonds. The predicted octanol–water partition coefficient (Wildman–Crippen LogP) is 2.03. The lowest BCUT2D eigenvalue weighted by Gasteiger charge is -2.23. The van der Waals surface area contributed by atoms with Gasteiger partial charge in [-0.2, -0.15) is 12.6 Å². The van der Waals surface area contributed by atoms with Crippen molar-refractivity contribution in [2.75, 3.05) is 13.4 Å². The molecule has 2 nitrogen and oxygen atoms in total. The maximum absolute atomic E-state index is 11.1. The number of carbonyl (C=O) groups is 1. The van der Waals surface area contributed by atoms with Crippen LogP contribution in [0.4, 0.5) is 0 Å². The van der Waals surface area contributed by atoms with Gasteiger partial charge in [-0.3, -0.25) is 0 Å². The molecule has 0 fully saturated rings. The van der Waals surface area contributed by atoms with Crippen molar-refractivity contribution in [2.45, 2.75) is 10.5 Å². The van der Waals surface area contributed by atoms with Gasteiger partial charge in [0.2, 0.25) is 0 Å². The van der Waals surface area contributed by atoms with Crippen LogP contribution in [0.1, 0.15) is 6.42 Å². The van der Waals surface area contributed by atoms with Gasteiger partial charge in [0.05, 0.1) is 16.8 Å². The van der Waals surface area contributed by atoms with Crippen LogP contribution in [0, 0.1) is 0 Å². The van der Waals surface area contributed by atoms with Crippen LogP contribution in [-0.2, 0) is 9.53 Å².